The number of esters is 1. The van der Waals surface area contributed by atoms with Gasteiger partial charge in [0, 0.05) is 0 Å². The van der Waals surface area contributed by atoms with Gasteiger partial charge in [-0.05, 0) is 31.0 Å². The van der Waals surface area contributed by atoms with Crippen LogP contribution >= 0.6 is 0 Å². The van der Waals surface area contributed by atoms with Crippen LogP contribution in [0.1, 0.15) is 18.1 Å². The van der Waals surface area contributed by atoms with Gasteiger partial charge in [-0.15, -0.1) is 0 Å². The van der Waals surface area contributed by atoms with Gasteiger partial charge in [0.15, 0.2) is 0 Å². The number of hydrogen-bond acceptors (Lipinski definition) is 5. The SMILES string of the molecule is CCOC(=O)Cc1ccc(OS(=O)(=O)F)c(C)c1. The van der Waals surface area contributed by atoms with Crippen molar-refractivity contribution in [2.75, 3.05) is 6.61 Å². The highest BCUT2D eigenvalue weighted by atomic mass is 32.3. The molecule has 0 atom stereocenters. The number of ether oxygens (including phenoxy) is 1. The van der Waals surface area contributed by atoms with E-state index in [0.717, 1.165) is 0 Å². The Morgan fingerprint density at radius 3 is 2.56 bits per heavy atom. The number of halogens is 1. The van der Waals surface area contributed by atoms with Gasteiger partial charge in [0.05, 0.1) is 13.0 Å². The Balaban J connectivity index is 2.83. The second-order valence-corrected chi connectivity index (χ2v) is 4.51. The van der Waals surface area contributed by atoms with Crippen molar-refractivity contribution in [2.24, 2.45) is 0 Å². The lowest BCUT2D eigenvalue weighted by Gasteiger charge is -2.07. The average Bonchev–Trinajstić information content (AvgIpc) is 2.21. The van der Waals surface area contributed by atoms with Gasteiger partial charge in [-0.1, -0.05) is 16.0 Å². The summed E-state index contributed by atoms with van der Waals surface area (Å²) in [6, 6.07) is 4.31. The van der Waals surface area contributed by atoms with Crippen LogP contribution in [-0.4, -0.2) is 21.0 Å². The van der Waals surface area contributed by atoms with E-state index in [9.17, 15) is 17.1 Å². The van der Waals surface area contributed by atoms with Crippen molar-refractivity contribution in [1.29, 1.82) is 0 Å². The Labute approximate surface area is 105 Å². The number of carbonyl (C=O) groups is 1. The standard InChI is InChI=1S/C11H13FO5S/c1-3-16-11(13)7-9-4-5-10(8(2)6-9)17-18(12,14)15/h4-6H,3,7H2,1-2H3. The summed E-state index contributed by atoms with van der Waals surface area (Å²) in [6.07, 6.45) is 0.0668. The van der Waals surface area contributed by atoms with E-state index in [-0.39, 0.29) is 18.1 Å². The maximum atomic E-state index is 12.3. The Morgan fingerprint density at radius 1 is 1.39 bits per heavy atom. The van der Waals surface area contributed by atoms with Gasteiger partial charge in [-0.25, -0.2) is 0 Å². The minimum atomic E-state index is -5.04. The van der Waals surface area contributed by atoms with Crippen molar-refractivity contribution < 1.29 is 26.0 Å². The van der Waals surface area contributed by atoms with Crippen LogP contribution in [0.2, 0.25) is 0 Å². The molecule has 0 saturated carbocycles. The molecule has 1 rings (SSSR count). The van der Waals surface area contributed by atoms with Crippen LogP contribution in [0.15, 0.2) is 18.2 Å². The minimum absolute atomic E-state index is 0.0668. The van der Waals surface area contributed by atoms with E-state index in [1.165, 1.54) is 18.2 Å². The third kappa shape index (κ3) is 4.70. The smallest absolute Gasteiger partial charge is 0.466 e. The first kappa shape index (κ1) is 14.4. The first-order valence-corrected chi connectivity index (χ1v) is 6.52. The first-order chi connectivity index (χ1) is 8.31. The highest BCUT2D eigenvalue weighted by Crippen LogP contribution is 2.21. The quantitative estimate of drug-likeness (QED) is 0.604. The fraction of sp³-hybridized carbons (Fsp3) is 0.364. The molecule has 0 unspecified atom stereocenters. The van der Waals surface area contributed by atoms with Gasteiger partial charge < -0.3 is 8.92 Å². The van der Waals surface area contributed by atoms with Crippen LogP contribution < -0.4 is 4.18 Å². The van der Waals surface area contributed by atoms with Crippen LogP contribution in [0.4, 0.5) is 3.89 Å². The maximum Gasteiger partial charge on any atom is 0.488 e. The van der Waals surface area contributed by atoms with Gasteiger partial charge in [0.2, 0.25) is 0 Å². The molecule has 18 heavy (non-hydrogen) atoms. The Kier molecular flexibility index (Phi) is 4.66. The number of carbonyl (C=O) groups excluding carboxylic acids is 1. The maximum absolute atomic E-state index is 12.3. The van der Waals surface area contributed by atoms with Crippen molar-refractivity contribution in [3.05, 3.63) is 29.3 Å². The summed E-state index contributed by atoms with van der Waals surface area (Å²) in [5.74, 6) is -0.492. The second-order valence-electron chi connectivity index (χ2n) is 3.56. The summed E-state index contributed by atoms with van der Waals surface area (Å²) in [6.45, 7) is 3.54. The normalized spacial score (nSPS) is 11.1. The molecule has 0 saturated heterocycles. The van der Waals surface area contributed by atoms with E-state index in [1.807, 2.05) is 0 Å². The molecule has 1 aromatic carbocycles. The molecule has 0 aliphatic carbocycles. The van der Waals surface area contributed by atoms with Crippen molar-refractivity contribution in [3.63, 3.8) is 0 Å². The van der Waals surface area contributed by atoms with Gasteiger partial charge in [-0.3, -0.25) is 4.79 Å². The molecule has 0 spiro atoms. The molecule has 0 aliphatic heterocycles. The molecule has 7 heteroatoms. The molecule has 100 valence electrons. The zero-order valence-electron chi connectivity index (χ0n) is 9.97. The van der Waals surface area contributed by atoms with Gasteiger partial charge in [0.1, 0.15) is 5.75 Å². The van der Waals surface area contributed by atoms with Gasteiger partial charge >= 0.3 is 16.5 Å². The number of rotatable bonds is 5. The van der Waals surface area contributed by atoms with Crippen molar-refractivity contribution >= 4 is 16.5 Å². The van der Waals surface area contributed by atoms with E-state index in [2.05, 4.69) is 4.18 Å². The summed E-state index contributed by atoms with van der Waals surface area (Å²) in [7, 11) is -5.04. The molecule has 5 nitrogen and oxygen atoms in total. The summed E-state index contributed by atoms with van der Waals surface area (Å²) in [4.78, 5) is 11.2. The van der Waals surface area contributed by atoms with Crippen LogP contribution in [0.3, 0.4) is 0 Å². The minimum Gasteiger partial charge on any atom is -0.466 e. The van der Waals surface area contributed by atoms with Crippen LogP contribution in [0.5, 0.6) is 5.75 Å². The fourth-order valence-corrected chi connectivity index (χ4v) is 1.80. The van der Waals surface area contributed by atoms with E-state index >= 15 is 0 Å². The Morgan fingerprint density at radius 2 is 2.06 bits per heavy atom. The zero-order valence-corrected chi connectivity index (χ0v) is 10.8. The fourth-order valence-electron chi connectivity index (χ4n) is 1.40. The Bertz CT molecular complexity index is 538. The van der Waals surface area contributed by atoms with Gasteiger partial charge in [0.25, 0.3) is 0 Å². The van der Waals surface area contributed by atoms with Crippen molar-refractivity contribution in [3.8, 4) is 5.75 Å². The monoisotopic (exact) mass is 276 g/mol. The highest BCUT2D eigenvalue weighted by Gasteiger charge is 2.13. The first-order valence-electron chi connectivity index (χ1n) is 5.21. The lowest BCUT2D eigenvalue weighted by molar-refractivity contribution is -0.142. The third-order valence-electron chi connectivity index (χ3n) is 2.08. The molecule has 0 heterocycles. The van der Waals surface area contributed by atoms with Crippen molar-refractivity contribution in [1.82, 2.24) is 0 Å². The molecule has 0 aliphatic rings. The molecule has 0 bridgehead atoms. The largest absolute Gasteiger partial charge is 0.488 e. The molecular formula is C11H13FO5S. The highest BCUT2D eigenvalue weighted by molar-refractivity contribution is 7.81. The lowest BCUT2D eigenvalue weighted by atomic mass is 10.1. The Hall–Kier alpha value is -1.63. The van der Waals surface area contributed by atoms with Crippen LogP contribution in [0, 0.1) is 6.92 Å². The summed E-state index contributed by atoms with van der Waals surface area (Å²) in [5.41, 5.74) is 1.05. The number of hydrogen-bond donors (Lipinski definition) is 0. The second kappa shape index (κ2) is 5.81. The molecule has 0 aromatic heterocycles. The molecule has 1 aromatic rings. The predicted octanol–water partition coefficient (Wildman–Crippen LogP) is 1.69. The lowest BCUT2D eigenvalue weighted by Crippen LogP contribution is -2.08. The summed E-state index contributed by atoms with van der Waals surface area (Å²) in [5, 5.41) is 0. The molecule has 0 amide bonds. The van der Waals surface area contributed by atoms with Crippen LogP contribution in [-0.2, 0) is 26.5 Å². The third-order valence-corrected chi connectivity index (χ3v) is 2.46. The molecule has 0 N–H and O–H groups in total. The average molecular weight is 276 g/mol. The molecule has 0 fully saturated rings. The van der Waals surface area contributed by atoms with Gasteiger partial charge in [-0.2, -0.15) is 8.42 Å². The van der Waals surface area contributed by atoms with E-state index < -0.39 is 10.5 Å². The predicted molar refractivity (Wildman–Crippen MR) is 62.2 cm³/mol. The van der Waals surface area contributed by atoms with E-state index in [0.29, 0.717) is 17.7 Å². The zero-order chi connectivity index (χ0) is 13.8. The van der Waals surface area contributed by atoms with E-state index in [1.54, 1.807) is 13.8 Å². The van der Waals surface area contributed by atoms with Crippen LogP contribution in [0.25, 0.3) is 0 Å². The molecular weight excluding hydrogens is 263 g/mol. The topological polar surface area (TPSA) is 69.7 Å². The summed E-state index contributed by atoms with van der Waals surface area (Å²) >= 11 is 0. The molecule has 0 radical (unpaired) electrons. The summed E-state index contributed by atoms with van der Waals surface area (Å²) < 4.78 is 41.9. The number of benzene rings is 1. The van der Waals surface area contributed by atoms with E-state index in [4.69, 9.17) is 4.74 Å². The number of aryl methyl sites for hydroxylation is 1. The van der Waals surface area contributed by atoms with Crippen molar-refractivity contribution in [2.45, 2.75) is 20.3 Å².